The molecule has 6 nitrogen and oxygen atoms in total. The van der Waals surface area contributed by atoms with Crippen LogP contribution in [-0.4, -0.2) is 27.9 Å². The molecule has 0 aliphatic carbocycles. The minimum Gasteiger partial charge on any atom is -0.465 e. The first kappa shape index (κ1) is 10.4. The van der Waals surface area contributed by atoms with Crippen LogP contribution in [0.15, 0.2) is 4.79 Å². The van der Waals surface area contributed by atoms with Gasteiger partial charge in [0.1, 0.15) is 0 Å². The van der Waals surface area contributed by atoms with Gasteiger partial charge < -0.3 is 15.5 Å². The van der Waals surface area contributed by atoms with E-state index in [4.69, 9.17) is 5.11 Å². The molecule has 1 rings (SSSR count). The highest BCUT2D eigenvalue weighted by Crippen LogP contribution is 2.00. The van der Waals surface area contributed by atoms with Crippen LogP contribution in [0.1, 0.15) is 18.2 Å². The van der Waals surface area contributed by atoms with E-state index in [0.717, 1.165) is 5.69 Å². The summed E-state index contributed by atoms with van der Waals surface area (Å²) in [5, 5.41) is 15.8. The summed E-state index contributed by atoms with van der Waals surface area (Å²) >= 11 is 0. The van der Waals surface area contributed by atoms with Gasteiger partial charge in [0, 0.05) is 24.2 Å². The number of aromatic amines is 2. The van der Waals surface area contributed by atoms with E-state index in [1.807, 2.05) is 6.92 Å². The molecule has 1 amide bonds. The zero-order chi connectivity index (χ0) is 10.6. The molecule has 1 aromatic rings. The molecule has 0 saturated heterocycles. The largest absolute Gasteiger partial charge is 0.465 e. The van der Waals surface area contributed by atoms with Crippen molar-refractivity contribution in [3.8, 4) is 0 Å². The van der Waals surface area contributed by atoms with Crippen LogP contribution in [0.5, 0.6) is 0 Å². The Hall–Kier alpha value is -1.72. The molecule has 4 N–H and O–H groups in total. The van der Waals surface area contributed by atoms with Crippen LogP contribution < -0.4 is 10.9 Å². The standard InChI is InChI=1S/C8H13N3O3/c1-2-5-6(10-11-7(5)12)3-4-9-8(13)14/h9H,2-4H2,1H3,(H,13,14)(H2,10,11,12). The van der Waals surface area contributed by atoms with Gasteiger partial charge in [0.2, 0.25) is 0 Å². The fourth-order valence-electron chi connectivity index (χ4n) is 1.30. The fraction of sp³-hybridized carbons (Fsp3) is 0.500. The van der Waals surface area contributed by atoms with Crippen LogP contribution in [0.3, 0.4) is 0 Å². The van der Waals surface area contributed by atoms with Gasteiger partial charge in [-0.3, -0.25) is 9.89 Å². The molecule has 78 valence electrons. The lowest BCUT2D eigenvalue weighted by molar-refractivity contribution is 0.194. The number of carbonyl (C=O) groups is 1. The van der Waals surface area contributed by atoms with Gasteiger partial charge in [-0.2, -0.15) is 0 Å². The van der Waals surface area contributed by atoms with E-state index in [1.54, 1.807) is 0 Å². The number of rotatable bonds is 4. The Morgan fingerprint density at radius 1 is 1.50 bits per heavy atom. The number of hydrogen-bond donors (Lipinski definition) is 4. The maximum absolute atomic E-state index is 11.1. The van der Waals surface area contributed by atoms with Crippen molar-refractivity contribution in [2.45, 2.75) is 19.8 Å². The number of carboxylic acid groups (broad SMARTS) is 1. The van der Waals surface area contributed by atoms with Crippen LogP contribution in [0.2, 0.25) is 0 Å². The van der Waals surface area contributed by atoms with Crippen LogP contribution in [0.25, 0.3) is 0 Å². The van der Waals surface area contributed by atoms with Crippen molar-refractivity contribution >= 4 is 6.09 Å². The average molecular weight is 199 g/mol. The first-order valence-electron chi connectivity index (χ1n) is 4.40. The third kappa shape index (κ3) is 2.38. The van der Waals surface area contributed by atoms with Crippen molar-refractivity contribution in [3.05, 3.63) is 21.6 Å². The molecular formula is C8H13N3O3. The van der Waals surface area contributed by atoms with Gasteiger partial charge in [-0.15, -0.1) is 0 Å². The summed E-state index contributed by atoms with van der Waals surface area (Å²) in [6.45, 7) is 2.18. The molecule has 0 unspecified atom stereocenters. The van der Waals surface area contributed by atoms with Crippen molar-refractivity contribution < 1.29 is 9.90 Å². The lowest BCUT2D eigenvalue weighted by Crippen LogP contribution is -2.23. The zero-order valence-electron chi connectivity index (χ0n) is 7.89. The maximum atomic E-state index is 11.1. The molecule has 0 saturated carbocycles. The third-order valence-corrected chi connectivity index (χ3v) is 1.97. The third-order valence-electron chi connectivity index (χ3n) is 1.97. The predicted molar refractivity (Wildman–Crippen MR) is 50.5 cm³/mol. The van der Waals surface area contributed by atoms with Gasteiger partial charge in [0.05, 0.1) is 0 Å². The molecule has 0 radical (unpaired) electrons. The normalized spacial score (nSPS) is 10.1. The van der Waals surface area contributed by atoms with Gasteiger partial charge in [-0.05, 0) is 6.42 Å². The predicted octanol–water partition coefficient (Wildman–Crippen LogP) is 0.0755. The molecular weight excluding hydrogens is 186 g/mol. The highest BCUT2D eigenvalue weighted by atomic mass is 16.4. The van der Waals surface area contributed by atoms with E-state index in [-0.39, 0.29) is 5.56 Å². The molecule has 6 heteroatoms. The van der Waals surface area contributed by atoms with Crippen molar-refractivity contribution in [3.63, 3.8) is 0 Å². The molecule has 0 atom stereocenters. The zero-order valence-corrected chi connectivity index (χ0v) is 7.89. The summed E-state index contributed by atoms with van der Waals surface area (Å²) in [6.07, 6.45) is 0.0797. The smallest absolute Gasteiger partial charge is 0.404 e. The van der Waals surface area contributed by atoms with Crippen molar-refractivity contribution in [2.75, 3.05) is 6.54 Å². The van der Waals surface area contributed by atoms with E-state index in [1.165, 1.54) is 0 Å². The number of nitrogens with one attached hydrogen (secondary N) is 3. The van der Waals surface area contributed by atoms with E-state index >= 15 is 0 Å². The molecule has 0 bridgehead atoms. The Bertz CT molecular complexity index is 366. The SMILES string of the molecule is CCc1c(CCNC(=O)O)[nH][nH]c1=O. The van der Waals surface area contributed by atoms with Gasteiger partial charge in [-0.1, -0.05) is 6.92 Å². The number of hydrogen-bond acceptors (Lipinski definition) is 2. The fourth-order valence-corrected chi connectivity index (χ4v) is 1.30. The summed E-state index contributed by atoms with van der Waals surface area (Å²) in [4.78, 5) is 21.3. The lowest BCUT2D eigenvalue weighted by Gasteiger charge is -2.00. The molecule has 1 aromatic heterocycles. The van der Waals surface area contributed by atoms with Crippen LogP contribution in [-0.2, 0) is 12.8 Å². The second-order valence-corrected chi connectivity index (χ2v) is 2.87. The first-order valence-corrected chi connectivity index (χ1v) is 4.40. The quantitative estimate of drug-likeness (QED) is 0.552. The Labute approximate surface area is 80.3 Å². The van der Waals surface area contributed by atoms with Crippen molar-refractivity contribution in [1.29, 1.82) is 0 Å². The Morgan fingerprint density at radius 3 is 2.79 bits per heavy atom. The first-order chi connectivity index (χ1) is 6.65. The number of H-pyrrole nitrogens is 2. The van der Waals surface area contributed by atoms with Crippen molar-refractivity contribution in [1.82, 2.24) is 15.5 Å². The van der Waals surface area contributed by atoms with Gasteiger partial charge in [0.15, 0.2) is 0 Å². The second-order valence-electron chi connectivity index (χ2n) is 2.87. The Balaban J connectivity index is 2.58. The molecule has 0 aromatic carbocycles. The highest BCUT2D eigenvalue weighted by Gasteiger charge is 2.07. The number of amides is 1. The van der Waals surface area contributed by atoms with Crippen molar-refractivity contribution in [2.24, 2.45) is 0 Å². The van der Waals surface area contributed by atoms with Gasteiger partial charge >= 0.3 is 6.09 Å². The lowest BCUT2D eigenvalue weighted by atomic mass is 10.1. The van der Waals surface area contributed by atoms with E-state index in [9.17, 15) is 9.59 Å². The van der Waals surface area contributed by atoms with E-state index in [0.29, 0.717) is 24.9 Å². The Morgan fingerprint density at radius 2 is 2.21 bits per heavy atom. The summed E-state index contributed by atoms with van der Waals surface area (Å²) in [5.74, 6) is 0. The molecule has 0 aliphatic heterocycles. The molecule has 0 aliphatic rings. The molecule has 14 heavy (non-hydrogen) atoms. The topological polar surface area (TPSA) is 98.0 Å². The summed E-state index contributed by atoms with van der Waals surface area (Å²) < 4.78 is 0. The summed E-state index contributed by atoms with van der Waals surface area (Å²) in [6, 6.07) is 0. The maximum Gasteiger partial charge on any atom is 0.404 e. The molecule has 1 heterocycles. The van der Waals surface area contributed by atoms with Crippen LogP contribution in [0.4, 0.5) is 4.79 Å². The minimum atomic E-state index is -1.05. The van der Waals surface area contributed by atoms with Crippen LogP contribution in [0, 0.1) is 0 Å². The van der Waals surface area contributed by atoms with E-state index < -0.39 is 6.09 Å². The second kappa shape index (κ2) is 4.50. The summed E-state index contributed by atoms with van der Waals surface area (Å²) in [5.41, 5.74) is 1.33. The molecule has 0 spiro atoms. The van der Waals surface area contributed by atoms with Crippen LogP contribution >= 0.6 is 0 Å². The minimum absolute atomic E-state index is 0.127. The van der Waals surface area contributed by atoms with E-state index in [2.05, 4.69) is 15.5 Å². The molecule has 0 fully saturated rings. The van der Waals surface area contributed by atoms with Gasteiger partial charge in [0.25, 0.3) is 5.56 Å². The Kier molecular flexibility index (Phi) is 3.33. The highest BCUT2D eigenvalue weighted by molar-refractivity contribution is 5.64. The van der Waals surface area contributed by atoms with Gasteiger partial charge in [-0.25, -0.2) is 4.79 Å². The monoisotopic (exact) mass is 199 g/mol. The summed E-state index contributed by atoms with van der Waals surface area (Å²) in [7, 11) is 0. The number of aromatic nitrogens is 2. The average Bonchev–Trinajstić information content (AvgIpc) is 2.46.